The molecule has 1 N–H and O–H groups in total. The van der Waals surface area contributed by atoms with Crippen molar-refractivity contribution in [3.63, 3.8) is 0 Å². The molecule has 1 saturated carbocycles. The molecule has 8 heteroatoms. The number of anilines is 1. The van der Waals surface area contributed by atoms with E-state index in [-0.39, 0.29) is 29.6 Å². The van der Waals surface area contributed by atoms with Crippen molar-refractivity contribution in [1.29, 1.82) is 0 Å². The van der Waals surface area contributed by atoms with Crippen molar-refractivity contribution in [1.82, 2.24) is 9.97 Å². The van der Waals surface area contributed by atoms with Crippen molar-refractivity contribution in [2.45, 2.75) is 44.2 Å². The number of imidazole rings is 1. The number of rotatable bonds is 2. The minimum absolute atomic E-state index is 0. The summed E-state index contributed by atoms with van der Waals surface area (Å²) in [6.07, 6.45) is -0.229. The summed E-state index contributed by atoms with van der Waals surface area (Å²) in [5.74, 6) is 1.10. The molecule has 0 radical (unpaired) electrons. The third kappa shape index (κ3) is 4.03. The average molecular weight is 450 g/mol. The zero-order chi connectivity index (χ0) is 20.9. The van der Waals surface area contributed by atoms with Crippen molar-refractivity contribution < 1.29 is 18.0 Å². The maximum atomic E-state index is 13.0. The van der Waals surface area contributed by atoms with Crippen molar-refractivity contribution in [3.8, 4) is 0 Å². The standard InChI is InChI=1S/C23H22F3N3O.ClH/c24-23(25,26)16-6-7-18-19(12-16)28-21(27-18)15-8-10-22(11-9-15)13-20(30)29(14-22)17-4-2-1-3-5-17;/h1-7,12,15H,8-11,13-14H2,(H,27,28);1H/t15-,22+;. The number of carbonyl (C=O) groups is 1. The monoisotopic (exact) mass is 449 g/mol. The predicted molar refractivity (Wildman–Crippen MR) is 115 cm³/mol. The SMILES string of the molecule is Cl.O=C1C[C@]2(CC[C@H](c3nc4cc(C(F)(F)F)ccc4[nH]3)CC2)CN1c1ccccc1. The first kappa shape index (κ1) is 21.7. The van der Waals surface area contributed by atoms with Crippen LogP contribution in [0.5, 0.6) is 0 Å². The smallest absolute Gasteiger partial charge is 0.342 e. The highest BCUT2D eigenvalue weighted by Crippen LogP contribution is 2.49. The maximum absolute atomic E-state index is 13.0. The van der Waals surface area contributed by atoms with Crippen LogP contribution in [-0.2, 0) is 11.0 Å². The lowest BCUT2D eigenvalue weighted by molar-refractivity contribution is -0.137. The molecule has 1 saturated heterocycles. The lowest BCUT2D eigenvalue weighted by Crippen LogP contribution is -2.31. The molecule has 2 heterocycles. The molecule has 3 aromatic rings. The number of halogens is 4. The number of aromatic amines is 1. The van der Waals surface area contributed by atoms with Gasteiger partial charge in [0.15, 0.2) is 0 Å². The van der Waals surface area contributed by atoms with Crippen LogP contribution in [-0.4, -0.2) is 22.4 Å². The summed E-state index contributed by atoms with van der Waals surface area (Å²) in [4.78, 5) is 22.2. The molecule has 0 atom stereocenters. The first-order valence-corrected chi connectivity index (χ1v) is 10.3. The summed E-state index contributed by atoms with van der Waals surface area (Å²) in [5.41, 5.74) is 1.23. The molecule has 1 aliphatic carbocycles. The van der Waals surface area contributed by atoms with E-state index < -0.39 is 11.7 Å². The van der Waals surface area contributed by atoms with E-state index in [9.17, 15) is 18.0 Å². The van der Waals surface area contributed by atoms with Gasteiger partial charge < -0.3 is 9.88 Å². The van der Waals surface area contributed by atoms with Crippen LogP contribution in [0.25, 0.3) is 11.0 Å². The van der Waals surface area contributed by atoms with Crippen LogP contribution in [0, 0.1) is 5.41 Å². The Morgan fingerprint density at radius 1 is 1.06 bits per heavy atom. The maximum Gasteiger partial charge on any atom is 0.416 e. The molecule has 0 bridgehead atoms. The lowest BCUT2D eigenvalue weighted by atomic mass is 9.69. The van der Waals surface area contributed by atoms with Gasteiger partial charge in [-0.05, 0) is 61.4 Å². The van der Waals surface area contributed by atoms with Crippen molar-refractivity contribution in [3.05, 3.63) is 59.9 Å². The van der Waals surface area contributed by atoms with Gasteiger partial charge in [0.25, 0.3) is 0 Å². The number of nitrogens with zero attached hydrogens (tertiary/aromatic N) is 2. The number of hydrogen-bond acceptors (Lipinski definition) is 2. The first-order valence-electron chi connectivity index (χ1n) is 10.3. The molecule has 2 fully saturated rings. The molecule has 4 nitrogen and oxygen atoms in total. The summed E-state index contributed by atoms with van der Waals surface area (Å²) >= 11 is 0. The molecule has 1 aliphatic heterocycles. The molecule has 0 unspecified atom stereocenters. The summed E-state index contributed by atoms with van der Waals surface area (Å²) in [6.45, 7) is 0.734. The highest BCUT2D eigenvalue weighted by Gasteiger charge is 2.46. The Morgan fingerprint density at radius 2 is 1.77 bits per heavy atom. The van der Waals surface area contributed by atoms with E-state index in [2.05, 4.69) is 9.97 Å². The van der Waals surface area contributed by atoms with Gasteiger partial charge in [0.2, 0.25) is 5.91 Å². The number of amides is 1. The Morgan fingerprint density at radius 3 is 2.45 bits per heavy atom. The van der Waals surface area contributed by atoms with Gasteiger partial charge in [0.1, 0.15) is 5.82 Å². The summed E-state index contributed by atoms with van der Waals surface area (Å²) in [5, 5.41) is 0. The quantitative estimate of drug-likeness (QED) is 0.515. The van der Waals surface area contributed by atoms with Crippen LogP contribution in [0.4, 0.5) is 18.9 Å². The van der Waals surface area contributed by atoms with Crippen LogP contribution in [0.15, 0.2) is 48.5 Å². The second kappa shape index (κ2) is 7.86. The van der Waals surface area contributed by atoms with Crippen LogP contribution >= 0.6 is 12.4 Å². The number of nitrogens with one attached hydrogen (secondary N) is 1. The zero-order valence-corrected chi connectivity index (χ0v) is 17.6. The topological polar surface area (TPSA) is 49.0 Å². The fraction of sp³-hybridized carbons (Fsp3) is 0.391. The molecule has 1 aromatic heterocycles. The van der Waals surface area contributed by atoms with Gasteiger partial charge >= 0.3 is 6.18 Å². The summed E-state index contributed by atoms with van der Waals surface area (Å²) < 4.78 is 38.9. The number of benzene rings is 2. The average Bonchev–Trinajstić information content (AvgIpc) is 3.29. The number of hydrogen-bond donors (Lipinski definition) is 1. The Balaban J connectivity index is 0.00000231. The largest absolute Gasteiger partial charge is 0.416 e. The van der Waals surface area contributed by atoms with E-state index in [0.717, 1.165) is 55.9 Å². The first-order chi connectivity index (χ1) is 14.3. The number of fused-ring (bicyclic) bond motifs is 1. The number of alkyl halides is 3. The molecular weight excluding hydrogens is 427 g/mol. The van der Waals surface area contributed by atoms with E-state index in [1.165, 1.54) is 6.07 Å². The lowest BCUT2D eigenvalue weighted by Gasteiger charge is -2.36. The van der Waals surface area contributed by atoms with Crippen LogP contribution in [0.3, 0.4) is 0 Å². The highest BCUT2D eigenvalue weighted by atomic mass is 35.5. The molecular formula is C23H23ClF3N3O. The molecule has 2 aromatic carbocycles. The third-order valence-electron chi connectivity index (χ3n) is 6.65. The van der Waals surface area contributed by atoms with E-state index in [1.807, 2.05) is 35.2 Å². The van der Waals surface area contributed by atoms with Gasteiger partial charge in [0, 0.05) is 24.6 Å². The number of H-pyrrole nitrogens is 1. The van der Waals surface area contributed by atoms with Crippen LogP contribution < -0.4 is 4.90 Å². The van der Waals surface area contributed by atoms with Crippen LogP contribution in [0.2, 0.25) is 0 Å². The zero-order valence-electron chi connectivity index (χ0n) is 16.8. The Kier molecular flexibility index (Phi) is 5.50. The van der Waals surface area contributed by atoms with Crippen molar-refractivity contribution >= 4 is 35.0 Å². The second-order valence-electron chi connectivity index (χ2n) is 8.62. The number of para-hydroxylation sites is 1. The molecule has 2 aliphatic rings. The van der Waals surface area contributed by atoms with E-state index in [1.54, 1.807) is 0 Å². The second-order valence-corrected chi connectivity index (χ2v) is 8.62. The van der Waals surface area contributed by atoms with E-state index in [4.69, 9.17) is 0 Å². The molecule has 164 valence electrons. The fourth-order valence-corrected chi connectivity index (χ4v) is 4.97. The van der Waals surface area contributed by atoms with Crippen molar-refractivity contribution in [2.75, 3.05) is 11.4 Å². The molecule has 1 amide bonds. The summed E-state index contributed by atoms with van der Waals surface area (Å²) in [6, 6.07) is 13.4. The molecule has 5 rings (SSSR count). The minimum atomic E-state index is -4.37. The van der Waals surface area contributed by atoms with Gasteiger partial charge in [-0.2, -0.15) is 13.2 Å². The minimum Gasteiger partial charge on any atom is -0.342 e. The Bertz CT molecular complexity index is 1090. The van der Waals surface area contributed by atoms with Gasteiger partial charge in [0.05, 0.1) is 16.6 Å². The van der Waals surface area contributed by atoms with Crippen molar-refractivity contribution in [2.24, 2.45) is 5.41 Å². The molecule has 31 heavy (non-hydrogen) atoms. The number of aromatic nitrogens is 2. The Labute approximate surface area is 184 Å². The van der Waals surface area contributed by atoms with E-state index >= 15 is 0 Å². The van der Waals surface area contributed by atoms with Gasteiger partial charge in [-0.15, -0.1) is 12.4 Å². The fourth-order valence-electron chi connectivity index (χ4n) is 4.97. The summed E-state index contributed by atoms with van der Waals surface area (Å²) in [7, 11) is 0. The van der Waals surface area contributed by atoms with Crippen LogP contribution in [0.1, 0.15) is 49.4 Å². The normalized spacial score (nSPS) is 24.0. The highest BCUT2D eigenvalue weighted by molar-refractivity contribution is 5.96. The third-order valence-corrected chi connectivity index (χ3v) is 6.65. The van der Waals surface area contributed by atoms with E-state index in [0.29, 0.717) is 17.5 Å². The Hall–Kier alpha value is -2.54. The predicted octanol–water partition coefficient (Wildman–Crippen LogP) is 6.08. The number of carbonyl (C=O) groups excluding carboxylic acids is 1. The van der Waals surface area contributed by atoms with Gasteiger partial charge in [-0.25, -0.2) is 4.98 Å². The molecule has 1 spiro atoms. The van der Waals surface area contributed by atoms with Gasteiger partial charge in [-0.1, -0.05) is 18.2 Å². The van der Waals surface area contributed by atoms with Gasteiger partial charge in [-0.3, -0.25) is 4.79 Å².